The molecule has 0 radical (unpaired) electrons. The fraction of sp³-hybridized carbons (Fsp3) is 0.438. The largest absolute Gasteiger partial charge is 0.464 e. The molecule has 0 aromatic carbocycles. The first-order chi connectivity index (χ1) is 9.58. The van der Waals surface area contributed by atoms with E-state index in [1.165, 1.54) is 5.56 Å². The van der Waals surface area contributed by atoms with Crippen LogP contribution in [0.5, 0.6) is 0 Å². The van der Waals surface area contributed by atoms with Crippen LogP contribution in [0.1, 0.15) is 30.4 Å². The van der Waals surface area contributed by atoms with Gasteiger partial charge in [-0.15, -0.1) is 0 Å². The van der Waals surface area contributed by atoms with Gasteiger partial charge >= 0.3 is 0 Å². The van der Waals surface area contributed by atoms with Crippen molar-refractivity contribution >= 4 is 5.82 Å². The molecule has 2 aromatic heterocycles. The number of hydrogen-bond acceptors (Lipinski definition) is 4. The number of pyridine rings is 1. The second-order valence-corrected chi connectivity index (χ2v) is 5.27. The van der Waals surface area contributed by atoms with Crippen molar-refractivity contribution in [3.05, 3.63) is 47.5 Å². The zero-order valence-corrected chi connectivity index (χ0v) is 12.5. The van der Waals surface area contributed by atoms with Crippen molar-refractivity contribution in [2.45, 2.75) is 39.3 Å². The molecule has 0 aliphatic heterocycles. The van der Waals surface area contributed by atoms with Gasteiger partial charge in [-0.1, -0.05) is 13.0 Å². The molecule has 1 atom stereocenters. The molecule has 4 nitrogen and oxygen atoms in total. The molecule has 0 saturated heterocycles. The number of furan rings is 1. The molecule has 0 aliphatic rings. The van der Waals surface area contributed by atoms with E-state index in [0.29, 0.717) is 6.54 Å². The smallest absolute Gasteiger partial charge is 0.128 e. The third-order valence-corrected chi connectivity index (χ3v) is 3.41. The number of anilines is 1. The Labute approximate surface area is 120 Å². The van der Waals surface area contributed by atoms with Gasteiger partial charge in [0.25, 0.3) is 0 Å². The Morgan fingerprint density at radius 2 is 2.10 bits per heavy atom. The fourth-order valence-electron chi connectivity index (χ4n) is 2.10. The highest BCUT2D eigenvalue weighted by Crippen LogP contribution is 2.15. The number of rotatable bonds is 6. The van der Waals surface area contributed by atoms with Gasteiger partial charge in [-0.25, -0.2) is 4.98 Å². The van der Waals surface area contributed by atoms with Crippen LogP contribution >= 0.6 is 0 Å². The van der Waals surface area contributed by atoms with E-state index in [1.54, 1.807) is 0 Å². The first-order valence-electron chi connectivity index (χ1n) is 7.05. The van der Waals surface area contributed by atoms with E-state index in [-0.39, 0.29) is 6.04 Å². The van der Waals surface area contributed by atoms with Crippen molar-refractivity contribution in [2.24, 2.45) is 5.73 Å². The Morgan fingerprint density at radius 1 is 1.30 bits per heavy atom. The Kier molecular flexibility index (Phi) is 4.79. The highest BCUT2D eigenvalue weighted by Gasteiger charge is 2.07. The number of aromatic nitrogens is 1. The van der Waals surface area contributed by atoms with Crippen LogP contribution in [0.2, 0.25) is 0 Å². The third kappa shape index (κ3) is 3.84. The van der Waals surface area contributed by atoms with E-state index in [4.69, 9.17) is 10.2 Å². The van der Waals surface area contributed by atoms with Gasteiger partial charge in [-0.2, -0.15) is 0 Å². The molecule has 1 unspecified atom stereocenters. The number of nitrogens with two attached hydrogens (primary N) is 1. The number of hydrogen-bond donors (Lipinski definition) is 1. The van der Waals surface area contributed by atoms with Crippen LogP contribution in [0, 0.1) is 6.92 Å². The molecule has 2 aromatic rings. The summed E-state index contributed by atoms with van der Waals surface area (Å²) in [6.07, 6.45) is 3.78. The van der Waals surface area contributed by atoms with Crippen molar-refractivity contribution in [2.75, 3.05) is 11.9 Å². The van der Waals surface area contributed by atoms with Gasteiger partial charge in [0.2, 0.25) is 0 Å². The van der Waals surface area contributed by atoms with Crippen LogP contribution in [0.3, 0.4) is 0 Å². The third-order valence-electron chi connectivity index (χ3n) is 3.41. The zero-order valence-electron chi connectivity index (χ0n) is 12.5. The average molecular weight is 273 g/mol. The molecule has 20 heavy (non-hydrogen) atoms. The lowest BCUT2D eigenvalue weighted by molar-refractivity contribution is 0.481. The summed E-state index contributed by atoms with van der Waals surface area (Å²) in [6.45, 7) is 4.77. The molecule has 0 spiro atoms. The van der Waals surface area contributed by atoms with E-state index in [2.05, 4.69) is 22.9 Å². The van der Waals surface area contributed by atoms with Crippen LogP contribution in [0.15, 0.2) is 34.9 Å². The second-order valence-electron chi connectivity index (χ2n) is 5.27. The Balaban J connectivity index is 1.98. The van der Waals surface area contributed by atoms with Crippen molar-refractivity contribution < 1.29 is 4.42 Å². The molecule has 0 amide bonds. The van der Waals surface area contributed by atoms with Crippen molar-refractivity contribution in [3.63, 3.8) is 0 Å². The second kappa shape index (κ2) is 6.57. The first kappa shape index (κ1) is 14.6. The van der Waals surface area contributed by atoms with Crippen LogP contribution < -0.4 is 10.6 Å². The Hall–Kier alpha value is -1.81. The lowest BCUT2D eigenvalue weighted by atomic mass is 10.1. The number of aryl methyl sites for hydroxylation is 1. The highest BCUT2D eigenvalue weighted by atomic mass is 16.3. The Morgan fingerprint density at radius 3 is 2.65 bits per heavy atom. The fourth-order valence-corrected chi connectivity index (χ4v) is 2.10. The van der Waals surface area contributed by atoms with E-state index in [9.17, 15) is 0 Å². The van der Waals surface area contributed by atoms with Gasteiger partial charge in [0.1, 0.15) is 17.3 Å². The predicted molar refractivity (Wildman–Crippen MR) is 81.8 cm³/mol. The quantitative estimate of drug-likeness (QED) is 0.879. The number of nitrogens with zero attached hydrogens (tertiary/aromatic N) is 2. The summed E-state index contributed by atoms with van der Waals surface area (Å²) in [5.74, 6) is 2.82. The molecule has 0 aliphatic carbocycles. The molecular weight excluding hydrogens is 250 g/mol. The summed E-state index contributed by atoms with van der Waals surface area (Å²) in [5, 5.41) is 0. The molecule has 2 rings (SSSR count). The highest BCUT2D eigenvalue weighted by molar-refractivity contribution is 5.38. The molecular formula is C16H23N3O. The van der Waals surface area contributed by atoms with Gasteiger partial charge in [0.15, 0.2) is 0 Å². The van der Waals surface area contributed by atoms with Gasteiger partial charge in [0, 0.05) is 19.3 Å². The van der Waals surface area contributed by atoms with Crippen molar-refractivity contribution in [1.29, 1.82) is 0 Å². The normalized spacial score (nSPS) is 12.4. The molecule has 0 saturated carbocycles. The lowest BCUT2D eigenvalue weighted by Gasteiger charge is -2.17. The summed E-state index contributed by atoms with van der Waals surface area (Å²) in [5.41, 5.74) is 7.14. The first-order valence-corrected chi connectivity index (χ1v) is 7.05. The maximum Gasteiger partial charge on any atom is 0.128 e. The maximum absolute atomic E-state index is 5.96. The van der Waals surface area contributed by atoms with Crippen LogP contribution in [0.25, 0.3) is 0 Å². The topological polar surface area (TPSA) is 55.3 Å². The molecule has 2 N–H and O–H groups in total. The van der Waals surface area contributed by atoms with Gasteiger partial charge in [-0.05, 0) is 43.5 Å². The van der Waals surface area contributed by atoms with Crippen molar-refractivity contribution in [1.82, 2.24) is 4.98 Å². The maximum atomic E-state index is 5.96. The van der Waals surface area contributed by atoms with Crippen LogP contribution in [-0.2, 0) is 13.0 Å². The Bertz CT molecular complexity index is 533. The predicted octanol–water partition coefficient (Wildman–Crippen LogP) is 2.90. The van der Waals surface area contributed by atoms with Gasteiger partial charge in [-0.3, -0.25) is 0 Å². The minimum Gasteiger partial charge on any atom is -0.464 e. The lowest BCUT2D eigenvalue weighted by Crippen LogP contribution is -2.22. The van der Waals surface area contributed by atoms with Crippen LogP contribution in [0.4, 0.5) is 5.82 Å². The van der Waals surface area contributed by atoms with Gasteiger partial charge in [0.05, 0.1) is 6.54 Å². The summed E-state index contributed by atoms with van der Waals surface area (Å²) in [7, 11) is 2.01. The summed E-state index contributed by atoms with van der Waals surface area (Å²) in [4.78, 5) is 6.57. The minimum absolute atomic E-state index is 0.214. The van der Waals surface area contributed by atoms with E-state index in [0.717, 1.165) is 30.2 Å². The average Bonchev–Trinajstić information content (AvgIpc) is 2.84. The summed E-state index contributed by atoms with van der Waals surface area (Å²) in [6, 6.07) is 8.33. The molecule has 0 bridgehead atoms. The SMILES string of the molecule is CCC(N)Cc1ccc(N(C)Cc2ccc(C)o2)nc1. The molecule has 4 heteroatoms. The standard InChI is InChI=1S/C16H23N3O/c1-4-14(17)9-13-6-8-16(18-10-13)19(3)11-15-7-5-12(2)20-15/h5-8,10,14H,4,9,11,17H2,1-3H3. The van der Waals surface area contributed by atoms with E-state index >= 15 is 0 Å². The minimum atomic E-state index is 0.214. The van der Waals surface area contributed by atoms with Crippen molar-refractivity contribution in [3.8, 4) is 0 Å². The van der Waals surface area contributed by atoms with Gasteiger partial charge < -0.3 is 15.1 Å². The summed E-state index contributed by atoms with van der Waals surface area (Å²) >= 11 is 0. The molecule has 0 fully saturated rings. The van der Waals surface area contributed by atoms with E-state index < -0.39 is 0 Å². The van der Waals surface area contributed by atoms with Crippen LogP contribution in [-0.4, -0.2) is 18.1 Å². The monoisotopic (exact) mass is 273 g/mol. The molecule has 2 heterocycles. The zero-order chi connectivity index (χ0) is 14.5. The summed E-state index contributed by atoms with van der Waals surface area (Å²) < 4.78 is 5.58. The van der Waals surface area contributed by atoms with E-state index in [1.807, 2.05) is 38.4 Å². The molecule has 108 valence electrons.